The number of rotatable bonds is 9. The van der Waals surface area contributed by atoms with Crippen LogP contribution in [0.4, 0.5) is 0 Å². The van der Waals surface area contributed by atoms with Crippen molar-refractivity contribution >= 4 is 41.3 Å². The SMILES string of the molecule is CCCCN=C(NCCc1ccco1)N(C)CC(C)c1nccs1.I. The van der Waals surface area contributed by atoms with Crippen LogP contribution in [-0.4, -0.2) is 42.5 Å². The molecule has 1 atom stereocenters. The van der Waals surface area contributed by atoms with Gasteiger partial charge in [0, 0.05) is 50.6 Å². The number of aromatic nitrogens is 1. The second kappa shape index (κ2) is 12.3. The van der Waals surface area contributed by atoms with Gasteiger partial charge in [0.2, 0.25) is 0 Å². The Kier molecular flexibility index (Phi) is 10.8. The van der Waals surface area contributed by atoms with Gasteiger partial charge in [0.1, 0.15) is 5.76 Å². The Labute approximate surface area is 172 Å². The van der Waals surface area contributed by atoms with Crippen LogP contribution < -0.4 is 5.32 Å². The number of guanidine groups is 1. The van der Waals surface area contributed by atoms with Crippen molar-refractivity contribution in [2.24, 2.45) is 4.99 Å². The average molecular weight is 476 g/mol. The maximum atomic E-state index is 5.39. The minimum Gasteiger partial charge on any atom is -0.469 e. The number of furan rings is 1. The lowest BCUT2D eigenvalue weighted by atomic mass is 10.2. The molecule has 0 radical (unpaired) electrons. The summed E-state index contributed by atoms with van der Waals surface area (Å²) in [6.45, 7) is 6.96. The molecule has 5 nitrogen and oxygen atoms in total. The summed E-state index contributed by atoms with van der Waals surface area (Å²) in [6, 6.07) is 3.93. The maximum Gasteiger partial charge on any atom is 0.193 e. The quantitative estimate of drug-likeness (QED) is 0.253. The summed E-state index contributed by atoms with van der Waals surface area (Å²) in [5.41, 5.74) is 0. The number of unbranched alkanes of at least 4 members (excludes halogenated alkanes) is 1. The lowest BCUT2D eigenvalue weighted by molar-refractivity contribution is 0.442. The average Bonchev–Trinajstić information content (AvgIpc) is 3.27. The van der Waals surface area contributed by atoms with E-state index in [0.717, 1.165) is 50.6 Å². The molecule has 0 aromatic carbocycles. The van der Waals surface area contributed by atoms with E-state index in [9.17, 15) is 0 Å². The third-order valence-electron chi connectivity index (χ3n) is 3.79. The van der Waals surface area contributed by atoms with Gasteiger partial charge in [0.25, 0.3) is 0 Å². The lowest BCUT2D eigenvalue weighted by Crippen LogP contribution is -2.41. The van der Waals surface area contributed by atoms with Crippen LogP contribution in [0.25, 0.3) is 0 Å². The normalized spacial score (nSPS) is 12.5. The Bertz CT molecular complexity index is 586. The number of nitrogens with zero attached hydrogens (tertiary/aromatic N) is 3. The van der Waals surface area contributed by atoms with E-state index in [1.165, 1.54) is 5.01 Å². The highest BCUT2D eigenvalue weighted by molar-refractivity contribution is 14.0. The largest absolute Gasteiger partial charge is 0.469 e. The van der Waals surface area contributed by atoms with Crippen LogP contribution in [0.15, 0.2) is 39.4 Å². The van der Waals surface area contributed by atoms with Gasteiger partial charge in [-0.1, -0.05) is 20.3 Å². The van der Waals surface area contributed by atoms with Crippen LogP contribution in [0.3, 0.4) is 0 Å². The van der Waals surface area contributed by atoms with Crippen molar-refractivity contribution in [2.45, 2.75) is 39.0 Å². The van der Waals surface area contributed by atoms with Gasteiger partial charge in [-0.25, -0.2) is 4.98 Å². The molecule has 0 bridgehead atoms. The van der Waals surface area contributed by atoms with Crippen LogP contribution in [0.2, 0.25) is 0 Å². The zero-order valence-corrected chi connectivity index (χ0v) is 18.4. The van der Waals surface area contributed by atoms with Gasteiger partial charge < -0.3 is 14.6 Å². The Morgan fingerprint density at radius 1 is 1.48 bits per heavy atom. The van der Waals surface area contributed by atoms with Gasteiger partial charge in [0.05, 0.1) is 11.3 Å². The first kappa shape index (κ1) is 22.0. The Morgan fingerprint density at radius 2 is 2.32 bits per heavy atom. The molecule has 0 aliphatic rings. The topological polar surface area (TPSA) is 53.7 Å². The van der Waals surface area contributed by atoms with E-state index in [4.69, 9.17) is 9.41 Å². The summed E-state index contributed by atoms with van der Waals surface area (Å²) in [5.74, 6) is 2.34. The zero-order chi connectivity index (χ0) is 17.2. The number of hydrogen-bond donors (Lipinski definition) is 1. The molecule has 0 fully saturated rings. The molecule has 2 aromatic rings. The molecule has 0 saturated heterocycles. The van der Waals surface area contributed by atoms with Crippen LogP contribution in [0.1, 0.15) is 43.4 Å². The van der Waals surface area contributed by atoms with Gasteiger partial charge in [-0.3, -0.25) is 4.99 Å². The number of halogens is 1. The highest BCUT2D eigenvalue weighted by Crippen LogP contribution is 2.18. The van der Waals surface area contributed by atoms with Crippen LogP contribution in [0.5, 0.6) is 0 Å². The third kappa shape index (κ3) is 7.77. The number of thiazole rings is 1. The fraction of sp³-hybridized carbons (Fsp3) is 0.556. The molecule has 140 valence electrons. The highest BCUT2D eigenvalue weighted by Gasteiger charge is 2.14. The summed E-state index contributed by atoms with van der Waals surface area (Å²) in [5, 5.41) is 6.67. The molecule has 0 aliphatic heterocycles. The summed E-state index contributed by atoms with van der Waals surface area (Å²) >= 11 is 1.71. The van der Waals surface area contributed by atoms with Crippen LogP contribution >= 0.6 is 35.3 Å². The Balaban J connectivity index is 0.00000312. The minimum atomic E-state index is 0. The number of hydrogen-bond acceptors (Lipinski definition) is 4. The fourth-order valence-electron chi connectivity index (χ4n) is 2.46. The van der Waals surface area contributed by atoms with Crippen LogP contribution in [0, 0.1) is 0 Å². The van der Waals surface area contributed by atoms with Crippen LogP contribution in [-0.2, 0) is 6.42 Å². The van der Waals surface area contributed by atoms with E-state index in [1.807, 2.05) is 23.7 Å². The molecular formula is C18H29IN4OS. The van der Waals surface area contributed by atoms with Crippen molar-refractivity contribution in [3.63, 3.8) is 0 Å². The summed E-state index contributed by atoms with van der Waals surface area (Å²) in [6.07, 6.45) is 6.71. The number of aliphatic imine (C=N–C) groups is 1. The monoisotopic (exact) mass is 476 g/mol. The van der Waals surface area contributed by atoms with Gasteiger partial charge in [0.15, 0.2) is 5.96 Å². The van der Waals surface area contributed by atoms with E-state index in [1.54, 1.807) is 17.6 Å². The van der Waals surface area contributed by atoms with Crippen molar-refractivity contribution < 1.29 is 4.42 Å². The van der Waals surface area contributed by atoms with E-state index in [-0.39, 0.29) is 24.0 Å². The summed E-state index contributed by atoms with van der Waals surface area (Å²) in [4.78, 5) is 11.4. The molecule has 2 aromatic heterocycles. The number of nitrogens with one attached hydrogen (secondary N) is 1. The predicted octanol–water partition coefficient (Wildman–Crippen LogP) is 4.38. The molecular weight excluding hydrogens is 447 g/mol. The minimum absolute atomic E-state index is 0. The Morgan fingerprint density at radius 3 is 2.96 bits per heavy atom. The predicted molar refractivity (Wildman–Crippen MR) is 116 cm³/mol. The lowest BCUT2D eigenvalue weighted by Gasteiger charge is -2.25. The molecule has 2 rings (SSSR count). The maximum absolute atomic E-state index is 5.39. The smallest absolute Gasteiger partial charge is 0.193 e. The second-order valence-electron chi connectivity index (χ2n) is 5.97. The van der Waals surface area contributed by atoms with E-state index in [2.05, 4.69) is 36.1 Å². The molecule has 0 spiro atoms. The first-order valence-corrected chi connectivity index (χ1v) is 9.50. The van der Waals surface area contributed by atoms with Gasteiger partial charge >= 0.3 is 0 Å². The summed E-state index contributed by atoms with van der Waals surface area (Å²) in [7, 11) is 2.09. The van der Waals surface area contributed by atoms with Gasteiger partial charge in [-0.05, 0) is 18.6 Å². The van der Waals surface area contributed by atoms with E-state index >= 15 is 0 Å². The second-order valence-corrected chi connectivity index (χ2v) is 6.89. The molecule has 0 aliphatic carbocycles. The zero-order valence-electron chi connectivity index (χ0n) is 15.3. The molecule has 7 heteroatoms. The van der Waals surface area contributed by atoms with Crippen molar-refractivity contribution in [1.82, 2.24) is 15.2 Å². The standard InChI is InChI=1S/C18H28N4OS.HI/c1-4-5-9-20-18(21-10-8-16-7-6-12-23-16)22(3)14-15(2)17-19-11-13-24-17;/h6-7,11-13,15H,4-5,8-10,14H2,1-3H3,(H,20,21);1H. The molecule has 0 amide bonds. The molecule has 1 N–H and O–H groups in total. The van der Waals surface area contributed by atoms with Gasteiger partial charge in [-0.15, -0.1) is 35.3 Å². The van der Waals surface area contributed by atoms with E-state index < -0.39 is 0 Å². The molecule has 0 saturated carbocycles. The third-order valence-corrected chi connectivity index (χ3v) is 4.80. The number of likely N-dealkylation sites (N-methyl/N-ethyl adjacent to an activating group) is 1. The first-order chi connectivity index (χ1) is 11.7. The Hall–Kier alpha value is -1.09. The van der Waals surface area contributed by atoms with Gasteiger partial charge in [-0.2, -0.15) is 0 Å². The van der Waals surface area contributed by atoms with Crippen molar-refractivity contribution in [1.29, 1.82) is 0 Å². The molecule has 2 heterocycles. The first-order valence-electron chi connectivity index (χ1n) is 8.62. The molecule has 25 heavy (non-hydrogen) atoms. The fourth-order valence-corrected chi connectivity index (χ4v) is 3.15. The van der Waals surface area contributed by atoms with E-state index in [0.29, 0.717) is 5.92 Å². The highest BCUT2D eigenvalue weighted by atomic mass is 127. The van der Waals surface area contributed by atoms with Crippen molar-refractivity contribution in [3.05, 3.63) is 40.7 Å². The van der Waals surface area contributed by atoms with Crippen molar-refractivity contribution in [3.8, 4) is 0 Å². The van der Waals surface area contributed by atoms with Crippen molar-refractivity contribution in [2.75, 3.05) is 26.7 Å². The molecule has 1 unspecified atom stereocenters. The summed E-state index contributed by atoms with van der Waals surface area (Å²) < 4.78 is 5.39.